The van der Waals surface area contributed by atoms with Crippen molar-refractivity contribution in [3.63, 3.8) is 0 Å². The minimum atomic E-state index is -0.628. The number of aliphatic hydroxyl groups is 1. The van der Waals surface area contributed by atoms with Crippen molar-refractivity contribution < 1.29 is 14.7 Å². The van der Waals surface area contributed by atoms with E-state index in [1.54, 1.807) is 17.0 Å². The van der Waals surface area contributed by atoms with Crippen molar-refractivity contribution in [1.29, 1.82) is 0 Å². The van der Waals surface area contributed by atoms with E-state index >= 15 is 0 Å². The summed E-state index contributed by atoms with van der Waals surface area (Å²) < 4.78 is 0.912. The smallest absolute Gasteiger partial charge is 0.295 e. The van der Waals surface area contributed by atoms with Crippen LogP contribution in [0.15, 0.2) is 58.6 Å². The van der Waals surface area contributed by atoms with Crippen molar-refractivity contribution >= 4 is 33.4 Å². The van der Waals surface area contributed by atoms with Crippen LogP contribution in [0.3, 0.4) is 0 Å². The van der Waals surface area contributed by atoms with E-state index in [4.69, 9.17) is 0 Å². The Morgan fingerprint density at radius 1 is 1.07 bits per heavy atom. The summed E-state index contributed by atoms with van der Waals surface area (Å²) in [5.41, 5.74) is 2.56. The molecule has 1 fully saturated rings. The Morgan fingerprint density at radius 3 is 2.30 bits per heavy atom. The zero-order valence-corrected chi connectivity index (χ0v) is 17.0. The average Bonchev–Trinajstić information content (AvgIpc) is 2.91. The van der Waals surface area contributed by atoms with E-state index in [1.807, 2.05) is 50.2 Å². The zero-order valence-electron chi connectivity index (χ0n) is 15.4. The lowest BCUT2D eigenvalue weighted by atomic mass is 9.95. The molecule has 2 aromatic carbocycles. The molecular weight excluding hydrogens is 406 g/mol. The molecule has 1 aliphatic heterocycles. The molecular formula is C22H22BrNO3. The molecule has 140 valence electrons. The molecule has 1 heterocycles. The van der Waals surface area contributed by atoms with Crippen LogP contribution in [0.5, 0.6) is 0 Å². The molecule has 1 N–H and O–H groups in total. The number of rotatable bonds is 5. The van der Waals surface area contributed by atoms with Gasteiger partial charge in [0.05, 0.1) is 11.6 Å². The second-order valence-corrected chi connectivity index (χ2v) is 7.68. The zero-order chi connectivity index (χ0) is 19.6. The number of halogens is 1. The number of nitrogens with zero attached hydrogens (tertiary/aromatic N) is 1. The Morgan fingerprint density at radius 2 is 1.70 bits per heavy atom. The summed E-state index contributed by atoms with van der Waals surface area (Å²) in [5.74, 6) is -1.30. The molecule has 1 atom stereocenters. The first-order valence-electron chi connectivity index (χ1n) is 9.05. The maximum absolute atomic E-state index is 12.8. The molecule has 0 radical (unpaired) electrons. The van der Waals surface area contributed by atoms with E-state index in [0.29, 0.717) is 12.1 Å². The van der Waals surface area contributed by atoms with Crippen LogP contribution < -0.4 is 0 Å². The van der Waals surface area contributed by atoms with Crippen LogP contribution in [-0.4, -0.2) is 28.2 Å². The predicted molar refractivity (Wildman–Crippen MR) is 109 cm³/mol. The molecule has 1 unspecified atom stereocenters. The SMILES string of the molecule is CCCCN1C(=O)C(=O)/C(=C(/O)c2ccc(C)cc2)C1c1ccc(Br)cc1. The van der Waals surface area contributed by atoms with Gasteiger partial charge in [-0.1, -0.05) is 71.2 Å². The van der Waals surface area contributed by atoms with Crippen molar-refractivity contribution in [2.45, 2.75) is 32.7 Å². The van der Waals surface area contributed by atoms with Crippen molar-refractivity contribution in [2.75, 3.05) is 6.54 Å². The van der Waals surface area contributed by atoms with E-state index in [2.05, 4.69) is 15.9 Å². The van der Waals surface area contributed by atoms with E-state index in [0.717, 1.165) is 28.4 Å². The van der Waals surface area contributed by atoms with Crippen LogP contribution >= 0.6 is 15.9 Å². The lowest BCUT2D eigenvalue weighted by Gasteiger charge is -2.25. The van der Waals surface area contributed by atoms with Crippen molar-refractivity contribution in [3.8, 4) is 0 Å². The number of aliphatic hydroxyl groups excluding tert-OH is 1. The van der Waals surface area contributed by atoms with Gasteiger partial charge in [-0.25, -0.2) is 0 Å². The van der Waals surface area contributed by atoms with Crippen molar-refractivity contribution in [3.05, 3.63) is 75.3 Å². The maximum Gasteiger partial charge on any atom is 0.295 e. The monoisotopic (exact) mass is 427 g/mol. The minimum Gasteiger partial charge on any atom is -0.507 e. The van der Waals surface area contributed by atoms with Crippen LogP contribution in [0.25, 0.3) is 5.76 Å². The van der Waals surface area contributed by atoms with Crippen LogP contribution in [0.4, 0.5) is 0 Å². The van der Waals surface area contributed by atoms with Gasteiger partial charge in [-0.2, -0.15) is 0 Å². The van der Waals surface area contributed by atoms with E-state index in [-0.39, 0.29) is 11.3 Å². The Balaban J connectivity index is 2.14. The number of carbonyl (C=O) groups is 2. The molecule has 0 spiro atoms. The lowest BCUT2D eigenvalue weighted by Crippen LogP contribution is -2.30. The summed E-state index contributed by atoms with van der Waals surface area (Å²) in [6.45, 7) is 4.47. The maximum atomic E-state index is 12.8. The van der Waals surface area contributed by atoms with E-state index in [9.17, 15) is 14.7 Å². The Labute approximate surface area is 167 Å². The summed E-state index contributed by atoms with van der Waals surface area (Å²) in [6.07, 6.45) is 1.71. The summed E-state index contributed by atoms with van der Waals surface area (Å²) in [5, 5.41) is 10.9. The Kier molecular flexibility index (Phi) is 5.80. The number of carbonyl (C=O) groups excluding carboxylic acids is 2. The number of amides is 1. The van der Waals surface area contributed by atoms with Gasteiger partial charge in [-0.15, -0.1) is 0 Å². The molecule has 0 aliphatic carbocycles. The van der Waals surface area contributed by atoms with Crippen molar-refractivity contribution in [1.82, 2.24) is 4.90 Å². The number of likely N-dealkylation sites (tertiary alicyclic amines) is 1. The third-order valence-electron chi connectivity index (χ3n) is 4.80. The molecule has 27 heavy (non-hydrogen) atoms. The summed E-state index contributed by atoms with van der Waals surface area (Å²) >= 11 is 3.41. The number of benzene rings is 2. The third-order valence-corrected chi connectivity index (χ3v) is 5.33. The first kappa shape index (κ1) is 19.4. The highest BCUT2D eigenvalue weighted by molar-refractivity contribution is 9.10. The lowest BCUT2D eigenvalue weighted by molar-refractivity contribution is -0.139. The van der Waals surface area contributed by atoms with Gasteiger partial charge >= 0.3 is 0 Å². The van der Waals surface area contributed by atoms with E-state index in [1.165, 1.54) is 0 Å². The van der Waals surface area contributed by atoms with Gasteiger partial charge in [0, 0.05) is 16.6 Å². The second kappa shape index (κ2) is 8.09. The van der Waals surface area contributed by atoms with Gasteiger partial charge in [-0.3, -0.25) is 9.59 Å². The van der Waals surface area contributed by atoms with Crippen molar-refractivity contribution in [2.24, 2.45) is 0 Å². The number of Topliss-reactive ketones (excluding diaryl/α,β-unsaturated/α-hetero) is 1. The first-order chi connectivity index (χ1) is 12.9. The average molecular weight is 428 g/mol. The highest BCUT2D eigenvalue weighted by Gasteiger charge is 2.45. The molecule has 0 bridgehead atoms. The molecule has 4 nitrogen and oxygen atoms in total. The number of hydrogen-bond donors (Lipinski definition) is 1. The van der Waals surface area contributed by atoms with Gasteiger partial charge in [0.25, 0.3) is 11.7 Å². The number of hydrogen-bond acceptors (Lipinski definition) is 3. The highest BCUT2D eigenvalue weighted by Crippen LogP contribution is 2.39. The van der Waals surface area contributed by atoms with Crippen LogP contribution in [-0.2, 0) is 9.59 Å². The van der Waals surface area contributed by atoms with Gasteiger partial charge < -0.3 is 10.0 Å². The van der Waals surface area contributed by atoms with Crippen LogP contribution in [0, 0.1) is 6.92 Å². The number of aryl methyl sites for hydroxylation is 1. The number of unbranched alkanes of at least 4 members (excludes halogenated alkanes) is 1. The van der Waals surface area contributed by atoms with Crippen LogP contribution in [0.1, 0.15) is 42.5 Å². The molecule has 0 saturated carbocycles. The molecule has 5 heteroatoms. The largest absolute Gasteiger partial charge is 0.507 e. The predicted octanol–water partition coefficient (Wildman–Crippen LogP) is 4.98. The quantitative estimate of drug-likeness (QED) is 0.415. The van der Waals surface area contributed by atoms with Gasteiger partial charge in [-0.05, 0) is 31.0 Å². The third kappa shape index (κ3) is 3.83. The minimum absolute atomic E-state index is 0.125. The molecule has 0 aromatic heterocycles. The molecule has 2 aromatic rings. The summed E-state index contributed by atoms with van der Waals surface area (Å²) in [7, 11) is 0. The summed E-state index contributed by atoms with van der Waals surface area (Å²) in [6, 6.07) is 14.2. The van der Waals surface area contributed by atoms with Gasteiger partial charge in [0.2, 0.25) is 0 Å². The molecule has 1 saturated heterocycles. The topological polar surface area (TPSA) is 57.6 Å². The molecule has 1 amide bonds. The standard InChI is InChI=1S/C22H22BrNO3/c1-3-4-13-24-19(15-9-11-17(23)12-10-15)18(21(26)22(24)27)20(25)16-7-5-14(2)6-8-16/h5-12,19,25H,3-4,13H2,1-2H3/b20-18+. The fourth-order valence-electron chi connectivity index (χ4n) is 3.30. The Bertz CT molecular complexity index is 885. The highest BCUT2D eigenvalue weighted by atomic mass is 79.9. The summed E-state index contributed by atoms with van der Waals surface area (Å²) in [4.78, 5) is 27.1. The molecule has 3 rings (SSSR count). The normalized spacial score (nSPS) is 18.9. The van der Waals surface area contributed by atoms with Crippen LogP contribution in [0.2, 0.25) is 0 Å². The second-order valence-electron chi connectivity index (χ2n) is 6.76. The number of ketones is 1. The fourth-order valence-corrected chi connectivity index (χ4v) is 3.56. The Hall–Kier alpha value is -2.40. The first-order valence-corrected chi connectivity index (χ1v) is 9.84. The van der Waals surface area contributed by atoms with Gasteiger partial charge in [0.15, 0.2) is 0 Å². The van der Waals surface area contributed by atoms with E-state index < -0.39 is 17.7 Å². The fraction of sp³-hybridized carbons (Fsp3) is 0.273. The van der Waals surface area contributed by atoms with Gasteiger partial charge in [0.1, 0.15) is 5.76 Å². The molecule has 1 aliphatic rings.